The molecule has 0 radical (unpaired) electrons. The lowest BCUT2D eigenvalue weighted by Crippen LogP contribution is -2.42. The molecule has 0 bridgehead atoms. The summed E-state index contributed by atoms with van der Waals surface area (Å²) >= 11 is 0. The number of esters is 1. The maximum Gasteiger partial charge on any atom is 0.319 e. The van der Waals surface area contributed by atoms with Gasteiger partial charge in [-0.25, -0.2) is 18.0 Å². The lowest BCUT2D eigenvalue weighted by molar-refractivity contribution is -0.309. The van der Waals surface area contributed by atoms with Crippen molar-refractivity contribution < 1.29 is 90.8 Å². The van der Waals surface area contributed by atoms with Crippen molar-refractivity contribution in [3.05, 3.63) is 47.3 Å². The molecule has 3 rings (SSSR count). The second-order valence-corrected chi connectivity index (χ2v) is 13.0. The molecule has 350 valence electrons. The highest BCUT2D eigenvalue weighted by atomic mass is 19.2. The third-order valence-corrected chi connectivity index (χ3v) is 8.20. The minimum atomic E-state index is -2.36. The third-order valence-electron chi connectivity index (χ3n) is 8.20. The number of ether oxygens (including phenoxy) is 6. The first-order valence-corrected chi connectivity index (χ1v) is 19.1. The summed E-state index contributed by atoms with van der Waals surface area (Å²) in [5, 5.41) is 63.1. The molecule has 1 aliphatic heterocycles. The number of urea groups is 1. The number of aromatic hydroxyl groups is 2. The molecule has 2 aromatic carbocycles. The molecule has 25 heteroatoms. The molecular formula is C37H53F5N6O14. The summed E-state index contributed by atoms with van der Waals surface area (Å²) in [6, 6.07) is 3.34. The maximum absolute atomic E-state index is 13.5. The van der Waals surface area contributed by atoms with Crippen LogP contribution < -0.4 is 21.2 Å². The normalized spacial score (nSPS) is 16.6. The largest absolute Gasteiger partial charge is 0.508 e. The van der Waals surface area contributed by atoms with Crippen LogP contribution in [-0.2, 0) is 28.5 Å². The summed E-state index contributed by atoms with van der Waals surface area (Å²) in [4.78, 5) is 27.8. The molecule has 3 unspecified atom stereocenters. The number of aliphatic hydroxyl groups is 2. The number of hydrogen-bond donors (Lipinski definition) is 9. The molecule has 10 N–H and O–H groups in total. The van der Waals surface area contributed by atoms with E-state index in [4.69, 9.17) is 45.0 Å². The molecule has 3 atom stereocenters. The second-order valence-electron chi connectivity index (χ2n) is 13.0. The Bertz CT molecular complexity index is 1690. The molecule has 0 aromatic heterocycles. The Hall–Kier alpha value is -4.83. The van der Waals surface area contributed by atoms with Crippen molar-refractivity contribution in [1.29, 1.82) is 0 Å². The predicted molar refractivity (Wildman–Crippen MR) is 207 cm³/mol. The van der Waals surface area contributed by atoms with Gasteiger partial charge in [-0.2, -0.15) is 13.9 Å². The Kier molecular flexibility index (Phi) is 26.0. The lowest BCUT2D eigenvalue weighted by Gasteiger charge is -2.30. The van der Waals surface area contributed by atoms with Gasteiger partial charge in [-0.1, -0.05) is 5.23 Å². The zero-order valence-electron chi connectivity index (χ0n) is 33.5. The van der Waals surface area contributed by atoms with E-state index in [-0.39, 0.29) is 74.7 Å². The van der Waals surface area contributed by atoms with Gasteiger partial charge in [0, 0.05) is 25.2 Å². The molecule has 1 saturated heterocycles. The number of phenolic OH excluding ortho intramolecular Hbond substituents is 2. The van der Waals surface area contributed by atoms with Crippen LogP contribution >= 0.6 is 0 Å². The smallest absolute Gasteiger partial charge is 0.319 e. The number of aliphatic imine (C=N–C) groups is 1. The number of nitrogens with two attached hydrogens (primary N) is 1. The number of aliphatic hydroxyl groups excluding tert-OH is 2. The van der Waals surface area contributed by atoms with Crippen LogP contribution in [0.2, 0.25) is 0 Å². The van der Waals surface area contributed by atoms with E-state index in [2.05, 4.69) is 25.5 Å². The van der Waals surface area contributed by atoms with E-state index >= 15 is 0 Å². The van der Waals surface area contributed by atoms with Gasteiger partial charge in [0.15, 0.2) is 0 Å². The van der Waals surface area contributed by atoms with Crippen molar-refractivity contribution in [2.75, 3.05) is 84.4 Å². The fraction of sp³-hybridized carbons (Fsp3) is 0.568. The van der Waals surface area contributed by atoms with Gasteiger partial charge in [-0.05, 0) is 37.8 Å². The fourth-order valence-corrected chi connectivity index (χ4v) is 4.93. The molecule has 0 saturated carbocycles. The fourth-order valence-electron chi connectivity index (χ4n) is 4.93. The third kappa shape index (κ3) is 21.3. The number of benzene rings is 2. The number of nitrogens with zero attached hydrogens (tertiary/aromatic N) is 3. The van der Waals surface area contributed by atoms with Gasteiger partial charge < -0.3 is 65.3 Å². The predicted octanol–water partition coefficient (Wildman–Crippen LogP) is 2.50. The van der Waals surface area contributed by atoms with E-state index in [0.29, 0.717) is 70.7 Å². The van der Waals surface area contributed by atoms with Gasteiger partial charge in [0.05, 0.1) is 103 Å². The molecule has 2 aromatic rings. The summed E-state index contributed by atoms with van der Waals surface area (Å²) in [7, 11) is 0. The number of halogens is 5. The molecule has 20 nitrogen and oxygen atoms in total. The standard InChI is InChI=1S/C30H38F5N5O9.C7H15NO5/c31-24-25(32)27(34)29(28(35)26(24)33)49-23(43)6-9-45-11-13-47-15-16-48-14-12-46-10-8-37-18-19(40-36)3-1-2-7-38-30(44)39-21-5-4-20(41)17-22(21)42;9-6-3-5(1-2-8(11)12)13-4-7(6)10/h4-5,17-18,41-42H,1-3,6-16,36H2,(H2,38,39,44);5-7,9-12H,1-4H2/b37-18?,40-19-;. The van der Waals surface area contributed by atoms with Crippen molar-refractivity contribution in [1.82, 2.24) is 10.5 Å². The SMILES string of the molecule is N/N=C(\C=NCCOCCOCCOCCOCCC(=O)Oc1c(F)c(F)c(F)c(F)c1F)CCCCNC(=O)Nc1ccc(O)cc1O.OC1COC(CCN(O)O)CC1O. The number of hydrazone groups is 1. The highest BCUT2D eigenvalue weighted by molar-refractivity contribution is 6.30. The summed E-state index contributed by atoms with van der Waals surface area (Å²) in [6.45, 7) is 2.37. The molecule has 0 aliphatic carbocycles. The molecule has 1 fully saturated rings. The molecule has 62 heavy (non-hydrogen) atoms. The number of hydrogen-bond acceptors (Lipinski definition) is 18. The molecule has 1 aliphatic rings. The van der Waals surface area contributed by atoms with E-state index < -0.39 is 65.5 Å². The minimum Gasteiger partial charge on any atom is -0.508 e. The van der Waals surface area contributed by atoms with Crippen molar-refractivity contribution in [3.63, 3.8) is 0 Å². The highest BCUT2D eigenvalue weighted by Gasteiger charge is 2.29. The quantitative estimate of drug-likeness (QED) is 0.00560. The van der Waals surface area contributed by atoms with Crippen LogP contribution in [0.15, 0.2) is 28.3 Å². The monoisotopic (exact) mass is 900 g/mol. The zero-order chi connectivity index (χ0) is 45.9. The highest BCUT2D eigenvalue weighted by Crippen LogP contribution is 2.29. The number of carbonyl (C=O) groups is 2. The van der Waals surface area contributed by atoms with Gasteiger partial charge in [-0.3, -0.25) is 20.2 Å². The van der Waals surface area contributed by atoms with E-state index in [9.17, 15) is 46.9 Å². The van der Waals surface area contributed by atoms with Crippen LogP contribution in [0.3, 0.4) is 0 Å². The molecule has 1 heterocycles. The number of unbranched alkanes of at least 4 members (excludes halogenated alkanes) is 1. The minimum absolute atomic E-state index is 0.0573. The average Bonchev–Trinajstić information content (AvgIpc) is 3.24. The average molecular weight is 901 g/mol. The van der Waals surface area contributed by atoms with Crippen LogP contribution in [0.25, 0.3) is 0 Å². The number of hydroxylamine groups is 2. The van der Waals surface area contributed by atoms with E-state index in [0.717, 1.165) is 6.07 Å². The first-order valence-electron chi connectivity index (χ1n) is 19.1. The molecule has 0 spiro atoms. The lowest BCUT2D eigenvalue weighted by atomic mass is 10.0. The first-order chi connectivity index (χ1) is 29.6. The number of phenols is 2. The Labute approximate surface area is 352 Å². The van der Waals surface area contributed by atoms with Gasteiger partial charge in [0.1, 0.15) is 17.6 Å². The Balaban J connectivity index is 0.000000863. The second kappa shape index (κ2) is 30.3. The Morgan fingerprint density at radius 3 is 2.02 bits per heavy atom. The van der Waals surface area contributed by atoms with Gasteiger partial charge in [0.2, 0.25) is 34.8 Å². The van der Waals surface area contributed by atoms with Crippen molar-refractivity contribution in [2.24, 2.45) is 15.9 Å². The summed E-state index contributed by atoms with van der Waals surface area (Å²) < 4.78 is 97.0. The Morgan fingerprint density at radius 1 is 0.839 bits per heavy atom. The Morgan fingerprint density at radius 2 is 1.44 bits per heavy atom. The number of anilines is 1. The van der Waals surface area contributed by atoms with Crippen LogP contribution in [0.5, 0.6) is 17.2 Å². The van der Waals surface area contributed by atoms with Crippen LogP contribution in [0, 0.1) is 29.1 Å². The topological polar surface area (TPSA) is 289 Å². The van der Waals surface area contributed by atoms with E-state index in [1.165, 1.54) is 12.1 Å². The number of rotatable bonds is 26. The molecular weight excluding hydrogens is 847 g/mol. The van der Waals surface area contributed by atoms with E-state index in [1.54, 1.807) is 6.21 Å². The zero-order valence-corrected chi connectivity index (χ0v) is 33.5. The van der Waals surface area contributed by atoms with Crippen LogP contribution in [0.1, 0.15) is 38.5 Å². The summed E-state index contributed by atoms with van der Waals surface area (Å²) in [6.07, 6.45) is 1.86. The van der Waals surface area contributed by atoms with E-state index in [1.807, 2.05) is 0 Å². The van der Waals surface area contributed by atoms with Crippen molar-refractivity contribution in [3.8, 4) is 17.2 Å². The number of amides is 2. The molecule has 2 amide bonds. The number of carbonyl (C=O) groups excluding carboxylic acids is 2. The van der Waals surface area contributed by atoms with Crippen molar-refractivity contribution in [2.45, 2.75) is 56.8 Å². The van der Waals surface area contributed by atoms with Crippen LogP contribution in [-0.4, -0.2) is 157 Å². The first kappa shape index (κ1) is 53.3. The van der Waals surface area contributed by atoms with Crippen LogP contribution in [0.4, 0.5) is 32.4 Å². The van der Waals surface area contributed by atoms with Crippen molar-refractivity contribution >= 4 is 29.6 Å². The number of nitrogens with one attached hydrogen (secondary N) is 2. The van der Waals surface area contributed by atoms with Gasteiger partial charge in [-0.15, -0.1) is 0 Å². The summed E-state index contributed by atoms with van der Waals surface area (Å²) in [5.41, 5.74) is 0.754. The summed E-state index contributed by atoms with van der Waals surface area (Å²) in [5.74, 6) is -9.19. The van der Waals surface area contributed by atoms with Gasteiger partial charge >= 0.3 is 12.0 Å². The van der Waals surface area contributed by atoms with Gasteiger partial charge in [0.25, 0.3) is 0 Å². The maximum atomic E-state index is 13.5.